The minimum Gasteiger partial charge on any atom is -0.374 e. The zero-order valence-corrected chi connectivity index (χ0v) is 9.62. The lowest BCUT2D eigenvalue weighted by atomic mass is 9.89. The first-order chi connectivity index (χ1) is 7.07. The first-order valence-corrected chi connectivity index (χ1v) is 5.44. The van der Waals surface area contributed by atoms with E-state index in [0.717, 1.165) is 0 Å². The highest BCUT2D eigenvalue weighted by molar-refractivity contribution is 5.79. The molecular formula is C12H19NO2. The van der Waals surface area contributed by atoms with Gasteiger partial charge in [-0.1, -0.05) is 6.92 Å². The van der Waals surface area contributed by atoms with E-state index in [0.29, 0.717) is 13.0 Å². The van der Waals surface area contributed by atoms with Crippen LogP contribution in [-0.4, -0.2) is 24.7 Å². The Balaban J connectivity index is 2.48. The summed E-state index contributed by atoms with van der Waals surface area (Å²) in [5.41, 5.74) is 0. The lowest BCUT2D eigenvalue weighted by Gasteiger charge is -2.17. The minimum absolute atomic E-state index is 0.000774. The molecule has 4 atom stereocenters. The monoisotopic (exact) mass is 209 g/mol. The van der Waals surface area contributed by atoms with Crippen molar-refractivity contribution in [2.75, 3.05) is 6.54 Å². The molecular weight excluding hydrogens is 190 g/mol. The average molecular weight is 209 g/mol. The van der Waals surface area contributed by atoms with Gasteiger partial charge in [0.05, 0.1) is 18.1 Å². The van der Waals surface area contributed by atoms with E-state index in [1.807, 2.05) is 13.8 Å². The van der Waals surface area contributed by atoms with Crippen LogP contribution in [0.3, 0.4) is 0 Å². The van der Waals surface area contributed by atoms with Gasteiger partial charge in [0.15, 0.2) is 0 Å². The van der Waals surface area contributed by atoms with Crippen LogP contribution in [0.25, 0.3) is 0 Å². The Hall–Kier alpha value is -1.01. The fourth-order valence-corrected chi connectivity index (χ4v) is 2.09. The molecule has 3 nitrogen and oxygen atoms in total. The second-order valence-electron chi connectivity index (χ2n) is 4.18. The van der Waals surface area contributed by atoms with Gasteiger partial charge in [0.1, 0.15) is 0 Å². The van der Waals surface area contributed by atoms with Gasteiger partial charge in [-0.05, 0) is 19.8 Å². The van der Waals surface area contributed by atoms with E-state index in [1.54, 1.807) is 0 Å². The number of hydrogen-bond acceptors (Lipinski definition) is 2. The van der Waals surface area contributed by atoms with Crippen molar-refractivity contribution in [2.24, 2.45) is 11.8 Å². The first kappa shape index (κ1) is 12.1. The highest BCUT2D eigenvalue weighted by Gasteiger charge is 2.41. The third-order valence-electron chi connectivity index (χ3n) is 3.11. The van der Waals surface area contributed by atoms with Crippen molar-refractivity contribution in [3.05, 3.63) is 0 Å². The third kappa shape index (κ3) is 2.73. The zero-order valence-electron chi connectivity index (χ0n) is 9.62. The summed E-state index contributed by atoms with van der Waals surface area (Å²) in [5.74, 6) is 2.79. The predicted octanol–water partition coefficient (Wildman–Crippen LogP) is 1.19. The van der Waals surface area contributed by atoms with Crippen LogP contribution < -0.4 is 5.32 Å². The summed E-state index contributed by atoms with van der Waals surface area (Å²) >= 11 is 0. The summed E-state index contributed by atoms with van der Waals surface area (Å²) in [5, 5.41) is 2.85. The summed E-state index contributed by atoms with van der Waals surface area (Å²) in [6.45, 7) is 6.57. The largest absolute Gasteiger partial charge is 0.374 e. The van der Waals surface area contributed by atoms with Gasteiger partial charge in [-0.25, -0.2) is 0 Å². The molecule has 1 aliphatic heterocycles. The van der Waals surface area contributed by atoms with Gasteiger partial charge in [-0.3, -0.25) is 4.79 Å². The van der Waals surface area contributed by atoms with Crippen LogP contribution in [-0.2, 0) is 9.53 Å². The van der Waals surface area contributed by atoms with Crippen molar-refractivity contribution in [1.29, 1.82) is 0 Å². The molecule has 15 heavy (non-hydrogen) atoms. The van der Waals surface area contributed by atoms with E-state index >= 15 is 0 Å². The minimum atomic E-state index is -0.0437. The van der Waals surface area contributed by atoms with Crippen LogP contribution in [0.15, 0.2) is 0 Å². The molecule has 1 rings (SSSR count). The molecule has 1 N–H and O–H groups in total. The number of terminal acetylenes is 1. The predicted molar refractivity (Wildman–Crippen MR) is 59.1 cm³/mol. The van der Waals surface area contributed by atoms with Crippen LogP contribution in [0.2, 0.25) is 0 Å². The highest BCUT2D eigenvalue weighted by atomic mass is 16.5. The molecule has 0 aliphatic carbocycles. The molecule has 1 heterocycles. The summed E-state index contributed by atoms with van der Waals surface area (Å²) in [6.07, 6.45) is 5.86. The SMILES string of the molecule is C#CCCNC(=O)C1C(C)OC(C)C1C. The van der Waals surface area contributed by atoms with Gasteiger partial charge in [-0.15, -0.1) is 12.3 Å². The standard InChI is InChI=1S/C12H19NO2/c1-5-6-7-13-12(14)11-8(2)9(3)15-10(11)4/h1,8-11H,6-7H2,2-4H3,(H,13,14). The quantitative estimate of drug-likeness (QED) is 0.560. The number of carbonyl (C=O) groups is 1. The number of carbonyl (C=O) groups excluding carboxylic acids is 1. The van der Waals surface area contributed by atoms with Crippen molar-refractivity contribution in [1.82, 2.24) is 5.32 Å². The molecule has 0 spiro atoms. The molecule has 0 aromatic rings. The van der Waals surface area contributed by atoms with E-state index in [4.69, 9.17) is 11.2 Å². The first-order valence-electron chi connectivity index (χ1n) is 5.44. The Kier molecular flexibility index (Phi) is 4.16. The van der Waals surface area contributed by atoms with E-state index in [1.165, 1.54) is 0 Å². The van der Waals surface area contributed by atoms with E-state index in [9.17, 15) is 4.79 Å². The molecule has 4 unspecified atom stereocenters. The molecule has 0 aromatic heterocycles. The lowest BCUT2D eigenvalue weighted by Crippen LogP contribution is -2.37. The fraction of sp³-hybridized carbons (Fsp3) is 0.750. The molecule has 1 amide bonds. The maximum atomic E-state index is 11.8. The summed E-state index contributed by atoms with van der Waals surface area (Å²) in [6, 6.07) is 0. The molecule has 0 bridgehead atoms. The molecule has 0 radical (unpaired) electrons. The Morgan fingerprint density at radius 3 is 2.53 bits per heavy atom. The number of nitrogens with one attached hydrogen (secondary N) is 1. The van der Waals surface area contributed by atoms with E-state index < -0.39 is 0 Å². The van der Waals surface area contributed by atoms with Gasteiger partial charge >= 0.3 is 0 Å². The van der Waals surface area contributed by atoms with Crippen LogP contribution in [0, 0.1) is 24.2 Å². The molecule has 1 fully saturated rings. The zero-order chi connectivity index (χ0) is 11.4. The Bertz CT molecular complexity index is 269. The van der Waals surface area contributed by atoms with Gasteiger partial charge < -0.3 is 10.1 Å². The summed E-state index contributed by atoms with van der Waals surface area (Å²) in [4.78, 5) is 11.8. The maximum absolute atomic E-state index is 11.8. The topological polar surface area (TPSA) is 38.3 Å². The molecule has 84 valence electrons. The van der Waals surface area contributed by atoms with Crippen molar-refractivity contribution >= 4 is 5.91 Å². The fourth-order valence-electron chi connectivity index (χ4n) is 2.09. The second kappa shape index (κ2) is 5.18. The Labute approximate surface area is 91.6 Å². The van der Waals surface area contributed by atoms with Crippen LogP contribution in [0.4, 0.5) is 0 Å². The van der Waals surface area contributed by atoms with Gasteiger partial charge in [0.25, 0.3) is 0 Å². The number of amides is 1. The van der Waals surface area contributed by atoms with Gasteiger partial charge in [0, 0.05) is 13.0 Å². The second-order valence-corrected chi connectivity index (χ2v) is 4.18. The summed E-state index contributed by atoms with van der Waals surface area (Å²) < 4.78 is 5.61. The third-order valence-corrected chi connectivity index (χ3v) is 3.11. The normalized spacial score (nSPS) is 34.8. The maximum Gasteiger partial charge on any atom is 0.226 e. The Morgan fingerprint density at radius 1 is 1.40 bits per heavy atom. The van der Waals surface area contributed by atoms with Gasteiger partial charge in [-0.2, -0.15) is 0 Å². The van der Waals surface area contributed by atoms with Crippen molar-refractivity contribution in [3.8, 4) is 12.3 Å². The van der Waals surface area contributed by atoms with Crippen LogP contribution >= 0.6 is 0 Å². The highest BCUT2D eigenvalue weighted by Crippen LogP contribution is 2.32. The molecule has 1 saturated heterocycles. The molecule has 1 aliphatic rings. The number of hydrogen-bond donors (Lipinski definition) is 1. The van der Waals surface area contributed by atoms with Crippen molar-refractivity contribution < 1.29 is 9.53 Å². The average Bonchev–Trinajstić information content (AvgIpc) is 2.41. The van der Waals surface area contributed by atoms with E-state index in [-0.39, 0.29) is 30.0 Å². The van der Waals surface area contributed by atoms with Crippen LogP contribution in [0.5, 0.6) is 0 Å². The summed E-state index contributed by atoms with van der Waals surface area (Å²) in [7, 11) is 0. The van der Waals surface area contributed by atoms with Crippen LogP contribution in [0.1, 0.15) is 27.2 Å². The molecule has 0 saturated carbocycles. The van der Waals surface area contributed by atoms with Crippen molar-refractivity contribution in [3.63, 3.8) is 0 Å². The molecule has 3 heteroatoms. The lowest BCUT2D eigenvalue weighted by molar-refractivity contribution is -0.127. The molecule has 0 aromatic carbocycles. The Morgan fingerprint density at radius 2 is 2.07 bits per heavy atom. The van der Waals surface area contributed by atoms with E-state index in [2.05, 4.69) is 18.2 Å². The van der Waals surface area contributed by atoms with Crippen molar-refractivity contribution in [2.45, 2.75) is 39.4 Å². The number of ether oxygens (including phenoxy) is 1. The smallest absolute Gasteiger partial charge is 0.226 e. The number of rotatable bonds is 3. The van der Waals surface area contributed by atoms with Gasteiger partial charge in [0.2, 0.25) is 5.91 Å².